The van der Waals surface area contributed by atoms with Crippen molar-refractivity contribution in [3.8, 4) is 22.4 Å². The Morgan fingerprint density at radius 1 is 0.789 bits per heavy atom. The number of hydrogen-bond donors (Lipinski definition) is 0. The minimum Gasteiger partial charge on any atom is -0.265 e. The molecular formula is C15H10BrN3. The monoisotopic (exact) mass is 311 g/mol. The number of hydrogen-bond acceptors (Lipinski definition) is 3. The fourth-order valence-electron chi connectivity index (χ4n) is 1.91. The van der Waals surface area contributed by atoms with E-state index in [0.29, 0.717) is 0 Å². The van der Waals surface area contributed by atoms with Gasteiger partial charge >= 0.3 is 0 Å². The molecule has 0 N–H and O–H groups in total. The summed E-state index contributed by atoms with van der Waals surface area (Å²) in [5.41, 5.74) is 4.06. The predicted molar refractivity (Wildman–Crippen MR) is 78.4 cm³/mol. The minimum atomic E-state index is 0.925. The minimum absolute atomic E-state index is 0.925. The van der Waals surface area contributed by atoms with E-state index in [-0.39, 0.29) is 0 Å². The van der Waals surface area contributed by atoms with Gasteiger partial charge < -0.3 is 0 Å². The zero-order chi connectivity index (χ0) is 13.1. The average Bonchev–Trinajstić information content (AvgIpc) is 2.49. The number of nitrogens with zero attached hydrogens (tertiary/aromatic N) is 3. The highest BCUT2D eigenvalue weighted by atomic mass is 79.9. The Morgan fingerprint density at radius 3 is 2.26 bits per heavy atom. The van der Waals surface area contributed by atoms with E-state index in [0.717, 1.165) is 26.9 Å². The second-order valence-electron chi connectivity index (χ2n) is 4.03. The van der Waals surface area contributed by atoms with E-state index >= 15 is 0 Å². The molecule has 0 aliphatic heterocycles. The van der Waals surface area contributed by atoms with Crippen molar-refractivity contribution in [2.24, 2.45) is 0 Å². The van der Waals surface area contributed by atoms with Crippen LogP contribution in [0.15, 0.2) is 65.8 Å². The van der Waals surface area contributed by atoms with Gasteiger partial charge in [-0.25, -0.2) is 9.97 Å². The van der Waals surface area contributed by atoms with E-state index in [1.807, 2.05) is 42.6 Å². The molecular weight excluding hydrogens is 302 g/mol. The molecule has 0 saturated heterocycles. The second kappa shape index (κ2) is 5.28. The Bertz CT molecular complexity index is 681. The molecule has 92 valence electrons. The molecule has 2 aromatic heterocycles. The summed E-state index contributed by atoms with van der Waals surface area (Å²) in [6, 6.07) is 12.0. The molecule has 4 heteroatoms. The van der Waals surface area contributed by atoms with Gasteiger partial charge in [-0.1, -0.05) is 28.1 Å². The summed E-state index contributed by atoms with van der Waals surface area (Å²) >= 11 is 3.44. The van der Waals surface area contributed by atoms with Gasteiger partial charge in [-0.05, 0) is 29.8 Å². The van der Waals surface area contributed by atoms with Gasteiger partial charge in [-0.3, -0.25) is 4.98 Å². The van der Waals surface area contributed by atoms with Crippen LogP contribution in [0.2, 0.25) is 0 Å². The normalized spacial score (nSPS) is 10.4. The number of aromatic nitrogens is 3. The number of benzene rings is 1. The molecule has 0 spiro atoms. The Hall–Kier alpha value is -2.07. The summed E-state index contributed by atoms with van der Waals surface area (Å²) in [6.45, 7) is 0. The van der Waals surface area contributed by atoms with Crippen LogP contribution in [0.5, 0.6) is 0 Å². The lowest BCUT2D eigenvalue weighted by molar-refractivity contribution is 1.17. The molecule has 19 heavy (non-hydrogen) atoms. The van der Waals surface area contributed by atoms with Crippen LogP contribution in [-0.2, 0) is 0 Å². The molecule has 0 unspecified atom stereocenters. The smallest absolute Gasteiger partial charge is 0.116 e. The maximum absolute atomic E-state index is 4.41. The molecule has 0 aliphatic carbocycles. The maximum atomic E-state index is 4.41. The third-order valence-electron chi connectivity index (χ3n) is 2.82. The summed E-state index contributed by atoms with van der Waals surface area (Å²) in [6.07, 6.45) is 6.95. The summed E-state index contributed by atoms with van der Waals surface area (Å²) in [5, 5.41) is 0. The van der Waals surface area contributed by atoms with Crippen LogP contribution >= 0.6 is 15.9 Å². The zero-order valence-corrected chi connectivity index (χ0v) is 11.6. The van der Waals surface area contributed by atoms with Gasteiger partial charge in [-0.2, -0.15) is 0 Å². The van der Waals surface area contributed by atoms with Gasteiger partial charge in [-0.15, -0.1) is 0 Å². The molecule has 0 amide bonds. The quantitative estimate of drug-likeness (QED) is 0.719. The first-order chi connectivity index (χ1) is 9.34. The van der Waals surface area contributed by atoms with E-state index in [4.69, 9.17) is 0 Å². The van der Waals surface area contributed by atoms with E-state index in [1.54, 1.807) is 18.7 Å². The van der Waals surface area contributed by atoms with Gasteiger partial charge in [0, 0.05) is 34.2 Å². The average molecular weight is 312 g/mol. The van der Waals surface area contributed by atoms with Gasteiger partial charge in [0.15, 0.2) is 0 Å². The molecule has 0 aliphatic rings. The molecule has 0 atom stereocenters. The van der Waals surface area contributed by atoms with Crippen molar-refractivity contribution >= 4 is 15.9 Å². The molecule has 3 aromatic rings. The molecule has 0 saturated carbocycles. The fourth-order valence-corrected chi connectivity index (χ4v) is 2.17. The van der Waals surface area contributed by atoms with Crippen molar-refractivity contribution < 1.29 is 0 Å². The van der Waals surface area contributed by atoms with Gasteiger partial charge in [0.2, 0.25) is 0 Å². The standard InChI is InChI=1S/C15H10BrN3/c16-13-3-1-12(2-4-13)15-14(9-18-10-19-15)11-5-7-17-8-6-11/h1-10H. The van der Waals surface area contributed by atoms with Crippen molar-refractivity contribution in [2.45, 2.75) is 0 Å². The van der Waals surface area contributed by atoms with Gasteiger partial charge in [0.25, 0.3) is 0 Å². The van der Waals surface area contributed by atoms with Crippen molar-refractivity contribution in [1.82, 2.24) is 15.0 Å². The van der Waals surface area contributed by atoms with Crippen LogP contribution in [0.25, 0.3) is 22.4 Å². The Morgan fingerprint density at radius 2 is 1.53 bits per heavy atom. The third-order valence-corrected chi connectivity index (χ3v) is 3.35. The van der Waals surface area contributed by atoms with E-state index in [9.17, 15) is 0 Å². The largest absolute Gasteiger partial charge is 0.265 e. The molecule has 0 bridgehead atoms. The third kappa shape index (κ3) is 2.53. The topological polar surface area (TPSA) is 38.7 Å². The number of halogens is 1. The summed E-state index contributed by atoms with van der Waals surface area (Å²) in [7, 11) is 0. The molecule has 3 rings (SSSR count). The van der Waals surface area contributed by atoms with Gasteiger partial charge in [0.05, 0.1) is 5.69 Å². The lowest BCUT2D eigenvalue weighted by Crippen LogP contribution is -1.90. The van der Waals surface area contributed by atoms with E-state index in [1.165, 1.54) is 0 Å². The molecule has 0 fully saturated rings. The first kappa shape index (κ1) is 12.0. The van der Waals surface area contributed by atoms with Crippen LogP contribution in [0.4, 0.5) is 0 Å². The predicted octanol–water partition coefficient (Wildman–Crippen LogP) is 3.97. The Labute approximate surface area is 119 Å². The van der Waals surface area contributed by atoms with Crippen LogP contribution in [-0.4, -0.2) is 15.0 Å². The fraction of sp³-hybridized carbons (Fsp3) is 0. The number of pyridine rings is 1. The van der Waals surface area contributed by atoms with Crippen molar-refractivity contribution in [1.29, 1.82) is 0 Å². The SMILES string of the molecule is Brc1ccc(-c2ncncc2-c2ccncc2)cc1. The lowest BCUT2D eigenvalue weighted by Gasteiger charge is -2.08. The molecule has 1 aromatic carbocycles. The summed E-state index contributed by atoms with van der Waals surface area (Å²) < 4.78 is 1.05. The van der Waals surface area contributed by atoms with Crippen molar-refractivity contribution in [3.05, 3.63) is 65.8 Å². The first-order valence-electron chi connectivity index (χ1n) is 5.81. The zero-order valence-electron chi connectivity index (χ0n) is 9.99. The summed E-state index contributed by atoms with van der Waals surface area (Å²) in [4.78, 5) is 12.6. The first-order valence-corrected chi connectivity index (χ1v) is 6.60. The van der Waals surface area contributed by atoms with Crippen molar-refractivity contribution in [2.75, 3.05) is 0 Å². The maximum Gasteiger partial charge on any atom is 0.116 e. The highest BCUT2D eigenvalue weighted by molar-refractivity contribution is 9.10. The Kier molecular flexibility index (Phi) is 3.33. The Balaban J connectivity index is 2.15. The molecule has 2 heterocycles. The highest BCUT2D eigenvalue weighted by Crippen LogP contribution is 2.29. The molecule has 0 radical (unpaired) electrons. The van der Waals surface area contributed by atoms with Crippen LogP contribution < -0.4 is 0 Å². The molecule has 3 nitrogen and oxygen atoms in total. The van der Waals surface area contributed by atoms with E-state index < -0.39 is 0 Å². The van der Waals surface area contributed by atoms with E-state index in [2.05, 4.69) is 30.9 Å². The second-order valence-corrected chi connectivity index (χ2v) is 4.94. The number of rotatable bonds is 2. The summed E-state index contributed by atoms with van der Waals surface area (Å²) in [5.74, 6) is 0. The van der Waals surface area contributed by atoms with Crippen LogP contribution in [0.1, 0.15) is 0 Å². The van der Waals surface area contributed by atoms with Crippen LogP contribution in [0.3, 0.4) is 0 Å². The highest BCUT2D eigenvalue weighted by Gasteiger charge is 2.08. The lowest BCUT2D eigenvalue weighted by atomic mass is 10.0. The van der Waals surface area contributed by atoms with Gasteiger partial charge in [0.1, 0.15) is 6.33 Å². The van der Waals surface area contributed by atoms with Crippen LogP contribution in [0, 0.1) is 0 Å². The van der Waals surface area contributed by atoms with Crippen molar-refractivity contribution in [3.63, 3.8) is 0 Å².